The number of nitro benzene ring substituents is 1. The average molecular weight is 292 g/mol. The van der Waals surface area contributed by atoms with Gasteiger partial charge in [0.1, 0.15) is 0 Å². The number of carbonyl (C=O) groups is 1. The van der Waals surface area contributed by atoms with Crippen molar-refractivity contribution in [1.82, 2.24) is 5.32 Å². The van der Waals surface area contributed by atoms with Crippen LogP contribution < -0.4 is 5.32 Å². The molecule has 2 N–H and O–H groups in total. The second-order valence-electron chi connectivity index (χ2n) is 5.54. The van der Waals surface area contributed by atoms with Gasteiger partial charge in [-0.1, -0.05) is 25.0 Å². The van der Waals surface area contributed by atoms with Gasteiger partial charge in [0.05, 0.1) is 10.8 Å². The normalized spacial score (nSPS) is 21.9. The van der Waals surface area contributed by atoms with Crippen molar-refractivity contribution in [3.8, 4) is 0 Å². The number of non-ortho nitro benzene ring substituents is 1. The highest BCUT2D eigenvalue weighted by Crippen LogP contribution is 2.29. The number of nitrogens with zero attached hydrogens (tertiary/aromatic N) is 1. The van der Waals surface area contributed by atoms with Crippen LogP contribution in [-0.4, -0.2) is 22.5 Å². The van der Waals surface area contributed by atoms with Crippen molar-refractivity contribution in [2.75, 3.05) is 6.54 Å². The molecule has 1 fully saturated rings. The number of hydrogen-bond donors (Lipinski definition) is 2. The fraction of sp³-hybridized carbons (Fsp3) is 0.533. The fourth-order valence-electron chi connectivity index (χ4n) is 2.91. The Morgan fingerprint density at radius 1 is 1.29 bits per heavy atom. The molecule has 0 radical (unpaired) electrons. The SMILES string of the molecule is O=C(O)C1CCCCC1CNCc1ccc([N+](=O)[O-])cc1. The molecule has 0 saturated heterocycles. The highest BCUT2D eigenvalue weighted by atomic mass is 16.6. The van der Waals surface area contributed by atoms with Crippen LogP contribution in [-0.2, 0) is 11.3 Å². The minimum absolute atomic E-state index is 0.0805. The van der Waals surface area contributed by atoms with Crippen LogP contribution in [0, 0.1) is 22.0 Å². The molecule has 114 valence electrons. The summed E-state index contributed by atoms with van der Waals surface area (Å²) in [6, 6.07) is 6.41. The average Bonchev–Trinajstić information content (AvgIpc) is 2.48. The summed E-state index contributed by atoms with van der Waals surface area (Å²) in [5.41, 5.74) is 1.04. The van der Waals surface area contributed by atoms with Gasteiger partial charge in [-0.05, 0) is 30.9 Å². The number of nitrogens with one attached hydrogen (secondary N) is 1. The summed E-state index contributed by atoms with van der Waals surface area (Å²) < 4.78 is 0. The molecule has 0 aromatic heterocycles. The zero-order chi connectivity index (χ0) is 15.2. The summed E-state index contributed by atoms with van der Waals surface area (Å²) >= 11 is 0. The molecular weight excluding hydrogens is 272 g/mol. The van der Waals surface area contributed by atoms with Crippen LogP contribution >= 0.6 is 0 Å². The maximum Gasteiger partial charge on any atom is 0.306 e. The van der Waals surface area contributed by atoms with Gasteiger partial charge in [0.2, 0.25) is 0 Å². The Bertz CT molecular complexity index is 501. The predicted octanol–water partition coefficient (Wildman–Crippen LogP) is 2.58. The first-order valence-electron chi connectivity index (χ1n) is 7.25. The maximum atomic E-state index is 11.2. The van der Waals surface area contributed by atoms with Crippen molar-refractivity contribution >= 4 is 11.7 Å². The summed E-state index contributed by atoms with van der Waals surface area (Å²) in [6.07, 6.45) is 3.80. The smallest absolute Gasteiger partial charge is 0.306 e. The Kier molecular flexibility index (Phi) is 5.27. The molecule has 6 heteroatoms. The third-order valence-electron chi connectivity index (χ3n) is 4.11. The van der Waals surface area contributed by atoms with E-state index in [-0.39, 0.29) is 17.5 Å². The van der Waals surface area contributed by atoms with E-state index in [9.17, 15) is 20.0 Å². The van der Waals surface area contributed by atoms with Crippen LogP contribution in [0.3, 0.4) is 0 Å². The van der Waals surface area contributed by atoms with Crippen LogP contribution in [0.5, 0.6) is 0 Å². The summed E-state index contributed by atoms with van der Waals surface area (Å²) in [7, 11) is 0. The highest BCUT2D eigenvalue weighted by Gasteiger charge is 2.30. The first kappa shape index (κ1) is 15.4. The number of benzene rings is 1. The van der Waals surface area contributed by atoms with Crippen LogP contribution in [0.15, 0.2) is 24.3 Å². The first-order chi connectivity index (χ1) is 10.1. The van der Waals surface area contributed by atoms with Crippen LogP contribution in [0.25, 0.3) is 0 Å². The second-order valence-corrected chi connectivity index (χ2v) is 5.54. The van der Waals surface area contributed by atoms with Gasteiger partial charge in [0, 0.05) is 18.7 Å². The molecule has 0 heterocycles. The second kappa shape index (κ2) is 7.17. The Morgan fingerprint density at radius 2 is 1.95 bits per heavy atom. The van der Waals surface area contributed by atoms with Gasteiger partial charge < -0.3 is 10.4 Å². The molecule has 1 aromatic rings. The lowest BCUT2D eigenvalue weighted by Gasteiger charge is -2.28. The first-order valence-corrected chi connectivity index (χ1v) is 7.25. The van der Waals surface area contributed by atoms with Gasteiger partial charge in [-0.25, -0.2) is 0 Å². The van der Waals surface area contributed by atoms with E-state index in [2.05, 4.69) is 5.32 Å². The molecule has 21 heavy (non-hydrogen) atoms. The predicted molar refractivity (Wildman–Crippen MR) is 77.9 cm³/mol. The van der Waals surface area contributed by atoms with Crippen molar-refractivity contribution < 1.29 is 14.8 Å². The third kappa shape index (κ3) is 4.26. The molecule has 6 nitrogen and oxygen atoms in total. The zero-order valence-electron chi connectivity index (χ0n) is 11.8. The fourth-order valence-corrected chi connectivity index (χ4v) is 2.91. The van der Waals surface area contributed by atoms with E-state index in [4.69, 9.17) is 0 Å². The lowest BCUT2D eigenvalue weighted by molar-refractivity contribution is -0.384. The van der Waals surface area contributed by atoms with E-state index in [1.54, 1.807) is 12.1 Å². The molecule has 0 aliphatic heterocycles. The van der Waals surface area contributed by atoms with Crippen molar-refractivity contribution in [1.29, 1.82) is 0 Å². The standard InChI is InChI=1S/C15H20N2O4/c18-15(19)14-4-2-1-3-12(14)10-16-9-11-5-7-13(8-6-11)17(20)21/h5-8,12,14,16H,1-4,9-10H2,(H,18,19). The maximum absolute atomic E-state index is 11.2. The molecule has 0 bridgehead atoms. The Balaban J connectivity index is 1.82. The molecule has 0 spiro atoms. The number of carboxylic acid groups (broad SMARTS) is 1. The van der Waals surface area contributed by atoms with Gasteiger partial charge in [-0.15, -0.1) is 0 Å². The van der Waals surface area contributed by atoms with Crippen molar-refractivity contribution in [3.63, 3.8) is 0 Å². The van der Waals surface area contributed by atoms with E-state index in [0.717, 1.165) is 31.2 Å². The highest BCUT2D eigenvalue weighted by molar-refractivity contribution is 5.70. The molecule has 2 rings (SSSR count). The number of aliphatic carboxylic acids is 1. The molecule has 1 aliphatic rings. The minimum atomic E-state index is -0.697. The van der Waals surface area contributed by atoms with E-state index in [1.807, 2.05) is 0 Å². The van der Waals surface area contributed by atoms with Gasteiger partial charge in [0.15, 0.2) is 0 Å². The molecule has 1 saturated carbocycles. The molecule has 1 aromatic carbocycles. The lowest BCUT2D eigenvalue weighted by atomic mass is 9.79. The number of rotatable bonds is 6. The Morgan fingerprint density at radius 3 is 2.57 bits per heavy atom. The van der Waals surface area contributed by atoms with Crippen molar-refractivity contribution in [2.24, 2.45) is 11.8 Å². The quantitative estimate of drug-likeness (QED) is 0.621. The van der Waals surface area contributed by atoms with Gasteiger partial charge in [-0.2, -0.15) is 0 Å². The van der Waals surface area contributed by atoms with E-state index >= 15 is 0 Å². The lowest BCUT2D eigenvalue weighted by Crippen LogP contribution is -2.34. The monoisotopic (exact) mass is 292 g/mol. The summed E-state index contributed by atoms with van der Waals surface area (Å²) in [4.78, 5) is 21.4. The largest absolute Gasteiger partial charge is 0.481 e. The minimum Gasteiger partial charge on any atom is -0.481 e. The topological polar surface area (TPSA) is 92.5 Å². The number of hydrogen-bond acceptors (Lipinski definition) is 4. The number of nitro groups is 1. The van der Waals surface area contributed by atoms with Crippen molar-refractivity contribution in [2.45, 2.75) is 32.2 Å². The van der Waals surface area contributed by atoms with Crippen LogP contribution in [0.2, 0.25) is 0 Å². The van der Waals surface area contributed by atoms with Crippen LogP contribution in [0.4, 0.5) is 5.69 Å². The van der Waals surface area contributed by atoms with E-state index in [1.165, 1.54) is 12.1 Å². The summed E-state index contributed by atoms with van der Waals surface area (Å²) in [6.45, 7) is 1.27. The number of carboxylic acids is 1. The van der Waals surface area contributed by atoms with E-state index < -0.39 is 10.9 Å². The Labute approximate surface area is 123 Å². The molecular formula is C15H20N2O4. The van der Waals surface area contributed by atoms with Gasteiger partial charge >= 0.3 is 5.97 Å². The molecule has 2 unspecified atom stereocenters. The summed E-state index contributed by atoms with van der Waals surface area (Å²) in [5, 5.41) is 23.1. The zero-order valence-corrected chi connectivity index (χ0v) is 11.8. The molecule has 2 atom stereocenters. The van der Waals surface area contributed by atoms with Crippen molar-refractivity contribution in [3.05, 3.63) is 39.9 Å². The summed E-state index contributed by atoms with van der Waals surface area (Å²) in [5.74, 6) is -0.769. The van der Waals surface area contributed by atoms with E-state index in [0.29, 0.717) is 13.1 Å². The van der Waals surface area contributed by atoms with Gasteiger partial charge in [-0.3, -0.25) is 14.9 Å². The van der Waals surface area contributed by atoms with Crippen LogP contribution in [0.1, 0.15) is 31.2 Å². The molecule has 1 aliphatic carbocycles. The third-order valence-corrected chi connectivity index (χ3v) is 4.11. The Hall–Kier alpha value is -1.95. The molecule has 0 amide bonds. The van der Waals surface area contributed by atoms with Gasteiger partial charge in [0.25, 0.3) is 5.69 Å².